The predicted molar refractivity (Wildman–Crippen MR) is 112 cm³/mol. The van der Waals surface area contributed by atoms with E-state index in [-0.39, 0.29) is 18.3 Å². The Kier molecular flexibility index (Phi) is 5.89. The van der Waals surface area contributed by atoms with E-state index in [4.69, 9.17) is 0 Å². The average molecular weight is 394 g/mol. The molecule has 0 aliphatic heterocycles. The lowest BCUT2D eigenvalue weighted by Gasteiger charge is -2.29. The lowest BCUT2D eigenvalue weighted by Crippen LogP contribution is -2.48. The van der Waals surface area contributed by atoms with Crippen LogP contribution in [0.25, 0.3) is 5.69 Å². The number of benzene rings is 2. The molecule has 7 heteroatoms. The number of aromatic hydroxyl groups is 1. The van der Waals surface area contributed by atoms with Gasteiger partial charge in [-0.3, -0.25) is 5.32 Å². The van der Waals surface area contributed by atoms with Gasteiger partial charge in [-0.1, -0.05) is 44.2 Å². The number of aromatic nitrogens is 2. The van der Waals surface area contributed by atoms with Gasteiger partial charge in [0.2, 0.25) is 0 Å². The van der Waals surface area contributed by atoms with Crippen LogP contribution in [0.5, 0.6) is 5.75 Å². The Bertz CT molecular complexity index is 985. The standard InChI is InChI=1S/C22H26N4O3/c1-15(2)19-13-20(26(25-19)17-9-5-4-6-10-17)23-21(29)24-22(3,14-27)16-8-7-11-18(28)12-16/h4-13,15,27-28H,14H2,1-3H3,(H2,23,24,29). The molecule has 1 atom stereocenters. The highest BCUT2D eigenvalue weighted by Crippen LogP contribution is 2.25. The molecule has 3 rings (SSSR count). The number of aliphatic hydroxyl groups excluding tert-OH is 1. The molecule has 0 saturated heterocycles. The van der Waals surface area contributed by atoms with Gasteiger partial charge in [0.05, 0.1) is 23.5 Å². The maximum atomic E-state index is 12.8. The third-order valence-electron chi connectivity index (χ3n) is 4.75. The first kappa shape index (κ1) is 20.4. The Hall–Kier alpha value is -3.32. The molecule has 29 heavy (non-hydrogen) atoms. The number of phenols is 1. The van der Waals surface area contributed by atoms with Crippen LogP contribution >= 0.6 is 0 Å². The molecule has 7 nitrogen and oxygen atoms in total. The summed E-state index contributed by atoms with van der Waals surface area (Å²) in [5.41, 5.74) is 1.20. The molecule has 1 unspecified atom stereocenters. The first-order chi connectivity index (χ1) is 13.8. The van der Waals surface area contributed by atoms with Crippen molar-refractivity contribution in [3.8, 4) is 11.4 Å². The Balaban J connectivity index is 1.86. The third kappa shape index (κ3) is 4.57. The maximum Gasteiger partial charge on any atom is 0.321 e. The summed E-state index contributed by atoms with van der Waals surface area (Å²) in [5, 5.41) is 29.9. The molecule has 0 spiro atoms. The minimum Gasteiger partial charge on any atom is -0.508 e. The number of carbonyl (C=O) groups is 1. The smallest absolute Gasteiger partial charge is 0.321 e. The van der Waals surface area contributed by atoms with Crippen molar-refractivity contribution in [1.82, 2.24) is 15.1 Å². The summed E-state index contributed by atoms with van der Waals surface area (Å²) in [6.07, 6.45) is 0. The first-order valence-corrected chi connectivity index (χ1v) is 9.47. The van der Waals surface area contributed by atoms with E-state index in [1.165, 1.54) is 12.1 Å². The van der Waals surface area contributed by atoms with Gasteiger partial charge in [0.25, 0.3) is 0 Å². The lowest BCUT2D eigenvalue weighted by molar-refractivity contribution is 0.176. The topological polar surface area (TPSA) is 99.4 Å². The third-order valence-corrected chi connectivity index (χ3v) is 4.75. The molecule has 3 aromatic rings. The van der Waals surface area contributed by atoms with Gasteiger partial charge in [0, 0.05) is 6.07 Å². The zero-order valence-corrected chi connectivity index (χ0v) is 16.8. The van der Waals surface area contributed by atoms with Crippen molar-refractivity contribution in [3.05, 3.63) is 71.9 Å². The van der Waals surface area contributed by atoms with Crippen LogP contribution in [0.2, 0.25) is 0 Å². The summed E-state index contributed by atoms with van der Waals surface area (Å²) >= 11 is 0. The van der Waals surface area contributed by atoms with Crippen LogP contribution in [0.15, 0.2) is 60.7 Å². The average Bonchev–Trinajstić information content (AvgIpc) is 3.12. The van der Waals surface area contributed by atoms with Crippen LogP contribution < -0.4 is 10.6 Å². The molecular weight excluding hydrogens is 368 g/mol. The Labute approximate surface area is 170 Å². The fraction of sp³-hybridized carbons (Fsp3) is 0.273. The zero-order chi connectivity index (χ0) is 21.0. The maximum absolute atomic E-state index is 12.8. The molecule has 1 heterocycles. The number of anilines is 1. The number of phenolic OH excluding ortho intramolecular Hbond substituents is 1. The monoisotopic (exact) mass is 394 g/mol. The Morgan fingerprint density at radius 3 is 2.48 bits per heavy atom. The number of aliphatic hydroxyl groups is 1. The van der Waals surface area contributed by atoms with Gasteiger partial charge in [-0.2, -0.15) is 5.10 Å². The van der Waals surface area contributed by atoms with E-state index in [1.54, 1.807) is 23.7 Å². The summed E-state index contributed by atoms with van der Waals surface area (Å²) < 4.78 is 1.68. The van der Waals surface area contributed by atoms with Crippen molar-refractivity contribution in [3.63, 3.8) is 0 Å². The van der Waals surface area contributed by atoms with Crippen LogP contribution in [0.4, 0.5) is 10.6 Å². The second kappa shape index (κ2) is 8.36. The zero-order valence-electron chi connectivity index (χ0n) is 16.8. The number of carbonyl (C=O) groups excluding carboxylic acids is 1. The van der Waals surface area contributed by atoms with Gasteiger partial charge >= 0.3 is 6.03 Å². The second-order valence-electron chi connectivity index (χ2n) is 7.48. The van der Waals surface area contributed by atoms with E-state index in [0.717, 1.165) is 11.4 Å². The summed E-state index contributed by atoms with van der Waals surface area (Å²) in [6, 6.07) is 17.3. The van der Waals surface area contributed by atoms with Gasteiger partial charge in [-0.15, -0.1) is 0 Å². The summed E-state index contributed by atoms with van der Waals surface area (Å²) in [7, 11) is 0. The molecule has 0 saturated carbocycles. The van der Waals surface area contributed by atoms with Crippen molar-refractivity contribution in [1.29, 1.82) is 0 Å². The van der Waals surface area contributed by atoms with E-state index in [1.807, 2.05) is 50.2 Å². The molecule has 152 valence electrons. The second-order valence-corrected chi connectivity index (χ2v) is 7.48. The SMILES string of the molecule is CC(C)c1cc(NC(=O)NC(C)(CO)c2cccc(O)c2)n(-c2ccccc2)n1. The number of urea groups is 1. The lowest BCUT2D eigenvalue weighted by atomic mass is 9.93. The van der Waals surface area contributed by atoms with Gasteiger partial charge < -0.3 is 15.5 Å². The highest BCUT2D eigenvalue weighted by Gasteiger charge is 2.29. The van der Waals surface area contributed by atoms with Crippen LogP contribution in [-0.4, -0.2) is 32.6 Å². The molecule has 2 amide bonds. The molecule has 0 aliphatic rings. The van der Waals surface area contributed by atoms with Gasteiger partial charge in [-0.25, -0.2) is 9.48 Å². The molecule has 1 aromatic heterocycles. The van der Waals surface area contributed by atoms with E-state index >= 15 is 0 Å². The van der Waals surface area contributed by atoms with Crippen molar-refractivity contribution in [2.45, 2.75) is 32.2 Å². The molecule has 4 N–H and O–H groups in total. The van der Waals surface area contributed by atoms with E-state index in [2.05, 4.69) is 15.7 Å². The Morgan fingerprint density at radius 2 is 1.86 bits per heavy atom. The van der Waals surface area contributed by atoms with Crippen LogP contribution in [0, 0.1) is 0 Å². The number of para-hydroxylation sites is 1. The molecule has 0 bridgehead atoms. The van der Waals surface area contributed by atoms with E-state index in [0.29, 0.717) is 11.4 Å². The van der Waals surface area contributed by atoms with E-state index in [9.17, 15) is 15.0 Å². The minimum atomic E-state index is -1.07. The minimum absolute atomic E-state index is 0.0631. The quantitative estimate of drug-likeness (QED) is 0.512. The normalized spacial score (nSPS) is 13.1. The largest absolute Gasteiger partial charge is 0.508 e. The van der Waals surface area contributed by atoms with Crippen LogP contribution in [-0.2, 0) is 5.54 Å². The Morgan fingerprint density at radius 1 is 1.14 bits per heavy atom. The molecule has 0 aliphatic carbocycles. The van der Waals surface area contributed by atoms with Crippen LogP contribution in [0.3, 0.4) is 0 Å². The predicted octanol–water partition coefficient (Wildman–Crippen LogP) is 3.73. The van der Waals surface area contributed by atoms with Crippen molar-refractivity contribution in [2.24, 2.45) is 0 Å². The summed E-state index contributed by atoms with van der Waals surface area (Å²) in [5.74, 6) is 0.778. The number of amides is 2. The van der Waals surface area contributed by atoms with Gasteiger partial charge in [0.1, 0.15) is 11.6 Å². The summed E-state index contributed by atoms with van der Waals surface area (Å²) in [4.78, 5) is 12.8. The van der Waals surface area contributed by atoms with Crippen molar-refractivity contribution in [2.75, 3.05) is 11.9 Å². The molecule has 2 aromatic carbocycles. The number of nitrogens with one attached hydrogen (secondary N) is 2. The molecule has 0 fully saturated rings. The first-order valence-electron chi connectivity index (χ1n) is 9.47. The number of hydrogen-bond donors (Lipinski definition) is 4. The number of rotatable bonds is 6. The summed E-state index contributed by atoms with van der Waals surface area (Å²) in [6.45, 7) is 5.42. The van der Waals surface area contributed by atoms with Crippen molar-refractivity contribution >= 4 is 11.8 Å². The number of hydrogen-bond acceptors (Lipinski definition) is 4. The fourth-order valence-electron chi connectivity index (χ4n) is 2.99. The fourth-order valence-corrected chi connectivity index (χ4v) is 2.99. The molecular formula is C22H26N4O3. The number of nitrogens with zero attached hydrogens (tertiary/aromatic N) is 2. The molecule has 0 radical (unpaired) electrons. The van der Waals surface area contributed by atoms with Crippen molar-refractivity contribution < 1.29 is 15.0 Å². The highest BCUT2D eigenvalue weighted by atomic mass is 16.3. The highest BCUT2D eigenvalue weighted by molar-refractivity contribution is 5.89. The van der Waals surface area contributed by atoms with Gasteiger partial charge in [0.15, 0.2) is 0 Å². The van der Waals surface area contributed by atoms with Crippen LogP contribution in [0.1, 0.15) is 37.9 Å². The van der Waals surface area contributed by atoms with E-state index < -0.39 is 11.6 Å². The van der Waals surface area contributed by atoms with Gasteiger partial charge in [-0.05, 0) is 42.7 Å².